The molecule has 7 nitrogen and oxygen atoms in total. The molecule has 0 aliphatic heterocycles. The summed E-state index contributed by atoms with van der Waals surface area (Å²) in [6.45, 7) is 6.01. The van der Waals surface area contributed by atoms with Crippen molar-refractivity contribution < 1.29 is 9.21 Å². The fraction of sp³-hybridized carbons (Fsp3) is 0.333. The van der Waals surface area contributed by atoms with Crippen LogP contribution in [0.5, 0.6) is 0 Å². The van der Waals surface area contributed by atoms with Crippen LogP contribution < -0.4 is 5.32 Å². The van der Waals surface area contributed by atoms with Crippen molar-refractivity contribution in [1.29, 1.82) is 0 Å². The van der Waals surface area contributed by atoms with Crippen molar-refractivity contribution in [3.8, 4) is 11.4 Å². The Hall–Kier alpha value is -2.13. The Labute approximate surface area is 147 Å². The number of furan rings is 1. The van der Waals surface area contributed by atoms with Gasteiger partial charge in [-0.05, 0) is 26.8 Å². The molecule has 126 valence electrons. The first-order valence-electron chi connectivity index (χ1n) is 7.37. The van der Waals surface area contributed by atoms with Gasteiger partial charge in [-0.3, -0.25) is 9.36 Å². The number of aromatic nitrogens is 4. The maximum absolute atomic E-state index is 12.0. The number of aryl methyl sites for hydroxylation is 1. The molecular formula is C15H17N5O2S2. The predicted molar refractivity (Wildman–Crippen MR) is 94.3 cm³/mol. The molecule has 0 saturated heterocycles. The standard InChI is InChI=1S/C15H17N5O2S2/c1-9(2)20-13(11-4-6-22-10(11)3)18-19-15(20)24-8-12(21)17-14-16-5-7-23-14/h4-7,9H,8H2,1-3H3,(H,16,17,21). The summed E-state index contributed by atoms with van der Waals surface area (Å²) < 4.78 is 7.38. The maximum Gasteiger partial charge on any atom is 0.236 e. The number of carbonyl (C=O) groups excluding carboxylic acids is 1. The van der Waals surface area contributed by atoms with Crippen LogP contribution >= 0.6 is 23.1 Å². The number of carbonyl (C=O) groups is 1. The van der Waals surface area contributed by atoms with E-state index in [9.17, 15) is 4.79 Å². The summed E-state index contributed by atoms with van der Waals surface area (Å²) >= 11 is 2.74. The third-order valence-corrected chi connectivity index (χ3v) is 4.92. The fourth-order valence-electron chi connectivity index (χ4n) is 2.21. The van der Waals surface area contributed by atoms with Crippen LogP contribution in [-0.2, 0) is 4.79 Å². The number of amides is 1. The van der Waals surface area contributed by atoms with Gasteiger partial charge < -0.3 is 9.73 Å². The Morgan fingerprint density at radius 3 is 2.92 bits per heavy atom. The topological polar surface area (TPSA) is 85.8 Å². The summed E-state index contributed by atoms with van der Waals surface area (Å²) in [5.41, 5.74) is 0.912. The van der Waals surface area contributed by atoms with Crippen LogP contribution in [0.1, 0.15) is 25.6 Å². The Morgan fingerprint density at radius 1 is 1.46 bits per heavy atom. The van der Waals surface area contributed by atoms with Crippen LogP contribution in [0.25, 0.3) is 11.4 Å². The summed E-state index contributed by atoms with van der Waals surface area (Å²) in [6, 6.07) is 2.04. The molecule has 0 radical (unpaired) electrons. The zero-order valence-electron chi connectivity index (χ0n) is 13.5. The van der Waals surface area contributed by atoms with E-state index in [0.29, 0.717) is 10.3 Å². The minimum absolute atomic E-state index is 0.116. The van der Waals surface area contributed by atoms with Gasteiger partial charge in [0.25, 0.3) is 0 Å². The van der Waals surface area contributed by atoms with Crippen molar-refractivity contribution in [2.75, 3.05) is 11.1 Å². The summed E-state index contributed by atoms with van der Waals surface area (Å²) in [7, 11) is 0. The SMILES string of the molecule is Cc1occc1-c1nnc(SCC(=O)Nc2nccs2)n1C(C)C. The second-order valence-corrected chi connectivity index (χ2v) is 7.17. The molecule has 1 amide bonds. The van der Waals surface area contributed by atoms with E-state index in [1.807, 2.05) is 22.9 Å². The molecule has 0 bridgehead atoms. The molecule has 9 heteroatoms. The van der Waals surface area contributed by atoms with Gasteiger partial charge >= 0.3 is 0 Å². The summed E-state index contributed by atoms with van der Waals surface area (Å²) in [4.78, 5) is 16.1. The average molecular weight is 363 g/mol. The lowest BCUT2D eigenvalue weighted by molar-refractivity contribution is -0.113. The summed E-state index contributed by atoms with van der Waals surface area (Å²) in [6.07, 6.45) is 3.29. The van der Waals surface area contributed by atoms with Gasteiger partial charge in [-0.1, -0.05) is 11.8 Å². The third-order valence-electron chi connectivity index (χ3n) is 3.29. The quantitative estimate of drug-likeness (QED) is 0.673. The van der Waals surface area contributed by atoms with Gasteiger partial charge in [0, 0.05) is 17.6 Å². The normalized spacial score (nSPS) is 11.2. The third kappa shape index (κ3) is 3.51. The van der Waals surface area contributed by atoms with E-state index in [4.69, 9.17) is 4.42 Å². The van der Waals surface area contributed by atoms with Crippen molar-refractivity contribution in [2.24, 2.45) is 0 Å². The molecule has 0 fully saturated rings. The monoisotopic (exact) mass is 363 g/mol. The number of rotatable bonds is 6. The zero-order chi connectivity index (χ0) is 17.1. The molecule has 3 aromatic rings. The molecule has 0 saturated carbocycles. The highest BCUT2D eigenvalue weighted by Gasteiger charge is 2.20. The molecule has 3 rings (SSSR count). The molecule has 3 aromatic heterocycles. The first-order chi connectivity index (χ1) is 11.6. The Balaban J connectivity index is 1.75. The lowest BCUT2D eigenvalue weighted by Crippen LogP contribution is -2.14. The lowest BCUT2D eigenvalue weighted by Gasteiger charge is -2.13. The molecule has 3 heterocycles. The van der Waals surface area contributed by atoms with Crippen LogP contribution in [0.4, 0.5) is 5.13 Å². The minimum atomic E-state index is -0.116. The molecule has 0 aromatic carbocycles. The van der Waals surface area contributed by atoms with Gasteiger partial charge in [-0.2, -0.15) is 0 Å². The molecule has 0 spiro atoms. The molecule has 0 aliphatic carbocycles. The van der Waals surface area contributed by atoms with Gasteiger partial charge in [-0.15, -0.1) is 21.5 Å². The molecule has 0 unspecified atom stereocenters. The van der Waals surface area contributed by atoms with Gasteiger partial charge in [0.05, 0.1) is 17.6 Å². The van der Waals surface area contributed by atoms with Crippen LogP contribution in [0.2, 0.25) is 0 Å². The van der Waals surface area contributed by atoms with Crippen LogP contribution in [0.15, 0.2) is 33.5 Å². The van der Waals surface area contributed by atoms with E-state index < -0.39 is 0 Å². The van der Waals surface area contributed by atoms with E-state index in [0.717, 1.165) is 17.1 Å². The molecule has 1 N–H and O–H groups in total. The van der Waals surface area contributed by atoms with E-state index >= 15 is 0 Å². The van der Waals surface area contributed by atoms with Gasteiger partial charge in [-0.25, -0.2) is 4.98 Å². The lowest BCUT2D eigenvalue weighted by atomic mass is 10.2. The van der Waals surface area contributed by atoms with E-state index in [1.165, 1.54) is 23.1 Å². The molecule has 0 atom stereocenters. The number of nitrogens with zero attached hydrogens (tertiary/aromatic N) is 4. The average Bonchev–Trinajstić information content (AvgIpc) is 3.25. The molecular weight excluding hydrogens is 346 g/mol. The number of hydrogen-bond acceptors (Lipinski definition) is 7. The zero-order valence-corrected chi connectivity index (χ0v) is 15.1. The Kier molecular flexibility index (Phi) is 5.00. The van der Waals surface area contributed by atoms with Gasteiger partial charge in [0.2, 0.25) is 5.91 Å². The van der Waals surface area contributed by atoms with Crippen molar-refractivity contribution in [2.45, 2.75) is 32.0 Å². The highest BCUT2D eigenvalue weighted by Crippen LogP contribution is 2.30. The van der Waals surface area contributed by atoms with Crippen LogP contribution in [0.3, 0.4) is 0 Å². The summed E-state index contributed by atoms with van der Waals surface area (Å²) in [5.74, 6) is 1.67. The van der Waals surface area contributed by atoms with Crippen molar-refractivity contribution in [3.63, 3.8) is 0 Å². The van der Waals surface area contributed by atoms with Crippen LogP contribution in [-0.4, -0.2) is 31.4 Å². The highest BCUT2D eigenvalue weighted by atomic mass is 32.2. The number of hydrogen-bond donors (Lipinski definition) is 1. The van der Waals surface area contributed by atoms with Gasteiger partial charge in [0.1, 0.15) is 5.76 Å². The highest BCUT2D eigenvalue weighted by molar-refractivity contribution is 7.99. The van der Waals surface area contributed by atoms with E-state index in [-0.39, 0.29) is 17.7 Å². The fourth-order valence-corrected chi connectivity index (χ4v) is 3.62. The van der Waals surface area contributed by atoms with E-state index in [1.54, 1.807) is 12.5 Å². The molecule has 0 aliphatic rings. The number of nitrogens with one attached hydrogen (secondary N) is 1. The first kappa shape index (κ1) is 16.7. The van der Waals surface area contributed by atoms with Crippen molar-refractivity contribution >= 4 is 34.1 Å². The number of thioether (sulfide) groups is 1. The van der Waals surface area contributed by atoms with Crippen LogP contribution in [0, 0.1) is 6.92 Å². The minimum Gasteiger partial charge on any atom is -0.469 e. The maximum atomic E-state index is 12.0. The summed E-state index contributed by atoms with van der Waals surface area (Å²) in [5, 5.41) is 14.4. The smallest absolute Gasteiger partial charge is 0.236 e. The Bertz CT molecular complexity index is 823. The Morgan fingerprint density at radius 2 is 2.29 bits per heavy atom. The van der Waals surface area contributed by atoms with Crippen molar-refractivity contribution in [1.82, 2.24) is 19.7 Å². The largest absolute Gasteiger partial charge is 0.469 e. The van der Waals surface area contributed by atoms with E-state index in [2.05, 4.69) is 34.3 Å². The number of thiazole rings is 1. The van der Waals surface area contributed by atoms with Gasteiger partial charge in [0.15, 0.2) is 16.1 Å². The predicted octanol–water partition coefficient (Wildman–Crippen LogP) is 3.61. The first-order valence-corrected chi connectivity index (χ1v) is 9.24. The molecule has 24 heavy (non-hydrogen) atoms. The second-order valence-electron chi connectivity index (χ2n) is 5.33. The number of anilines is 1. The van der Waals surface area contributed by atoms with Crippen molar-refractivity contribution in [3.05, 3.63) is 29.7 Å². The second kappa shape index (κ2) is 7.18.